The monoisotopic (exact) mass is 474 g/mol. The molecular weight excluding hydrogens is 448 g/mol. The number of ether oxygens (including phenoxy) is 3. The van der Waals surface area contributed by atoms with E-state index in [0.29, 0.717) is 42.4 Å². The molecule has 0 aliphatic carbocycles. The normalized spacial score (nSPS) is 20.4. The number of carbonyl (C=O) groups is 2. The summed E-state index contributed by atoms with van der Waals surface area (Å²) in [6.07, 6.45) is 2.33. The van der Waals surface area contributed by atoms with E-state index in [1.54, 1.807) is 37.3 Å². The highest BCUT2D eigenvalue weighted by Crippen LogP contribution is 2.36. The fraction of sp³-hybridized carbons (Fsp3) is 0.391. The smallest absolute Gasteiger partial charge is 0.325 e. The molecule has 4 rings (SSSR count). The molecule has 1 unspecified atom stereocenters. The number of sulfone groups is 1. The van der Waals surface area contributed by atoms with Crippen molar-refractivity contribution in [3.63, 3.8) is 0 Å². The molecule has 0 aromatic heterocycles. The highest BCUT2D eigenvalue weighted by atomic mass is 32.2. The Kier molecular flexibility index (Phi) is 6.20. The van der Waals surface area contributed by atoms with Gasteiger partial charge in [0.05, 0.1) is 24.7 Å². The van der Waals surface area contributed by atoms with Crippen molar-refractivity contribution in [3.05, 3.63) is 48.0 Å². The van der Waals surface area contributed by atoms with Crippen molar-refractivity contribution in [2.45, 2.75) is 30.2 Å². The van der Waals surface area contributed by atoms with Crippen molar-refractivity contribution >= 4 is 21.8 Å². The van der Waals surface area contributed by atoms with Gasteiger partial charge in [-0.25, -0.2) is 13.2 Å². The summed E-state index contributed by atoms with van der Waals surface area (Å²) in [5, 5.41) is 2.79. The molecule has 1 N–H and O–H groups in total. The number of carbonyl (C=O) groups excluding carboxylic acids is 2. The average Bonchev–Trinajstić information content (AvgIpc) is 2.93. The average molecular weight is 475 g/mol. The van der Waals surface area contributed by atoms with Gasteiger partial charge in [0.1, 0.15) is 11.3 Å². The summed E-state index contributed by atoms with van der Waals surface area (Å²) in [5.74, 6) is 1.34. The van der Waals surface area contributed by atoms with Crippen LogP contribution < -0.4 is 19.5 Å². The predicted molar refractivity (Wildman–Crippen MR) is 119 cm³/mol. The summed E-state index contributed by atoms with van der Waals surface area (Å²) in [6, 6.07) is 10.9. The zero-order valence-electron chi connectivity index (χ0n) is 18.5. The first-order valence-electron chi connectivity index (χ1n) is 10.7. The molecule has 0 radical (unpaired) electrons. The van der Waals surface area contributed by atoms with E-state index in [1.807, 2.05) is 0 Å². The van der Waals surface area contributed by atoms with Gasteiger partial charge >= 0.3 is 6.03 Å². The number of nitrogens with one attached hydrogen (secondary N) is 1. The lowest BCUT2D eigenvalue weighted by atomic mass is 9.91. The number of hydrogen-bond acceptors (Lipinski definition) is 7. The van der Waals surface area contributed by atoms with Gasteiger partial charge in [-0.2, -0.15) is 0 Å². The van der Waals surface area contributed by atoms with Crippen LogP contribution in [0, 0.1) is 0 Å². The molecule has 0 bridgehead atoms. The first-order valence-corrected chi connectivity index (χ1v) is 12.5. The van der Waals surface area contributed by atoms with Gasteiger partial charge in [-0.1, -0.05) is 6.07 Å². The predicted octanol–water partition coefficient (Wildman–Crippen LogP) is 2.49. The number of rotatable bonds is 7. The molecular formula is C23H26N2O7S. The fourth-order valence-electron chi connectivity index (χ4n) is 3.77. The van der Waals surface area contributed by atoms with Crippen LogP contribution in [0.15, 0.2) is 47.4 Å². The van der Waals surface area contributed by atoms with E-state index in [0.717, 1.165) is 12.7 Å². The summed E-state index contributed by atoms with van der Waals surface area (Å²) in [6.45, 7) is 3.21. The third kappa shape index (κ3) is 4.75. The van der Waals surface area contributed by atoms with Crippen LogP contribution in [-0.2, 0) is 20.2 Å². The zero-order valence-corrected chi connectivity index (χ0v) is 19.3. The largest absolute Gasteiger partial charge is 0.494 e. The third-order valence-corrected chi connectivity index (χ3v) is 6.77. The van der Waals surface area contributed by atoms with E-state index in [1.165, 1.54) is 17.0 Å². The SMILES string of the molecule is CC1(c2ccc3c(c2)OCCCO3)NC(=O)N(CCCOc2ccc(S(C)(=O)=O)cc2)C1=O. The molecule has 1 saturated heterocycles. The molecule has 3 amide bonds. The summed E-state index contributed by atoms with van der Waals surface area (Å²) in [5.41, 5.74) is -0.584. The second-order valence-corrected chi connectivity index (χ2v) is 10.2. The highest BCUT2D eigenvalue weighted by Gasteiger charge is 2.49. The van der Waals surface area contributed by atoms with E-state index >= 15 is 0 Å². The van der Waals surface area contributed by atoms with Gasteiger partial charge in [0.2, 0.25) is 0 Å². The first-order chi connectivity index (χ1) is 15.7. The van der Waals surface area contributed by atoms with Crippen molar-refractivity contribution in [2.24, 2.45) is 0 Å². The van der Waals surface area contributed by atoms with Crippen LogP contribution >= 0.6 is 0 Å². The van der Waals surface area contributed by atoms with Crippen LogP contribution in [0.4, 0.5) is 4.79 Å². The molecule has 176 valence electrons. The lowest BCUT2D eigenvalue weighted by Crippen LogP contribution is -2.41. The molecule has 2 aromatic carbocycles. The van der Waals surface area contributed by atoms with Gasteiger partial charge in [0.15, 0.2) is 21.3 Å². The van der Waals surface area contributed by atoms with Crippen LogP contribution in [0.3, 0.4) is 0 Å². The Morgan fingerprint density at radius 2 is 1.76 bits per heavy atom. The Hall–Kier alpha value is -3.27. The van der Waals surface area contributed by atoms with Gasteiger partial charge in [-0.15, -0.1) is 0 Å². The Bertz CT molecular complexity index is 1160. The molecule has 0 spiro atoms. The van der Waals surface area contributed by atoms with Crippen molar-refractivity contribution in [1.82, 2.24) is 10.2 Å². The third-order valence-electron chi connectivity index (χ3n) is 5.65. The minimum Gasteiger partial charge on any atom is -0.494 e. The summed E-state index contributed by atoms with van der Waals surface area (Å²) in [7, 11) is -3.27. The highest BCUT2D eigenvalue weighted by molar-refractivity contribution is 7.90. The first kappa shape index (κ1) is 22.9. The van der Waals surface area contributed by atoms with Gasteiger partial charge in [0, 0.05) is 19.2 Å². The Labute approximate surface area is 192 Å². The van der Waals surface area contributed by atoms with E-state index < -0.39 is 21.4 Å². The van der Waals surface area contributed by atoms with Crippen LogP contribution in [0.5, 0.6) is 17.2 Å². The molecule has 1 atom stereocenters. The van der Waals surface area contributed by atoms with Crippen molar-refractivity contribution < 1.29 is 32.2 Å². The molecule has 1 fully saturated rings. The van der Waals surface area contributed by atoms with E-state index in [9.17, 15) is 18.0 Å². The van der Waals surface area contributed by atoms with E-state index in [2.05, 4.69) is 5.32 Å². The Balaban J connectivity index is 1.37. The molecule has 2 heterocycles. The number of hydrogen-bond donors (Lipinski definition) is 1. The maximum Gasteiger partial charge on any atom is 0.325 e. The number of imide groups is 1. The van der Waals surface area contributed by atoms with Gasteiger partial charge in [-0.05, 0) is 55.3 Å². The van der Waals surface area contributed by atoms with Crippen LogP contribution in [0.1, 0.15) is 25.3 Å². The summed E-state index contributed by atoms with van der Waals surface area (Å²) >= 11 is 0. The van der Waals surface area contributed by atoms with Crippen molar-refractivity contribution in [3.8, 4) is 17.2 Å². The van der Waals surface area contributed by atoms with Gasteiger partial charge in [0.25, 0.3) is 5.91 Å². The van der Waals surface area contributed by atoms with Gasteiger partial charge in [-0.3, -0.25) is 9.69 Å². The lowest BCUT2D eigenvalue weighted by molar-refractivity contribution is -0.131. The van der Waals surface area contributed by atoms with Crippen molar-refractivity contribution in [2.75, 3.05) is 32.6 Å². The van der Waals surface area contributed by atoms with Crippen LogP contribution in [-0.4, -0.2) is 57.9 Å². The maximum absolute atomic E-state index is 13.1. The molecule has 9 nitrogen and oxygen atoms in total. The molecule has 2 aliphatic heterocycles. The van der Waals surface area contributed by atoms with Crippen LogP contribution in [0.25, 0.3) is 0 Å². The minimum atomic E-state index is -3.27. The van der Waals surface area contributed by atoms with E-state index in [-0.39, 0.29) is 24.0 Å². The molecule has 10 heteroatoms. The second-order valence-electron chi connectivity index (χ2n) is 8.17. The molecule has 33 heavy (non-hydrogen) atoms. The number of fused-ring (bicyclic) bond motifs is 1. The summed E-state index contributed by atoms with van der Waals surface area (Å²) in [4.78, 5) is 27.1. The molecule has 2 aliphatic rings. The maximum atomic E-state index is 13.1. The van der Waals surface area contributed by atoms with Crippen molar-refractivity contribution in [1.29, 1.82) is 0 Å². The Morgan fingerprint density at radius 1 is 1.06 bits per heavy atom. The number of amides is 3. The Morgan fingerprint density at radius 3 is 2.45 bits per heavy atom. The summed E-state index contributed by atoms with van der Waals surface area (Å²) < 4.78 is 40.0. The minimum absolute atomic E-state index is 0.187. The topological polar surface area (TPSA) is 111 Å². The lowest BCUT2D eigenvalue weighted by Gasteiger charge is -2.23. The standard InChI is InChI=1S/C23H26N2O7S/c1-23(16-5-10-19-20(15-16)32-14-4-13-31-19)21(26)25(22(27)24-23)11-3-12-30-17-6-8-18(9-7-17)33(2,28)29/h5-10,15H,3-4,11-14H2,1-2H3,(H,24,27). The fourth-order valence-corrected chi connectivity index (χ4v) is 4.40. The second kappa shape index (κ2) is 8.93. The number of benzene rings is 2. The molecule has 2 aromatic rings. The van der Waals surface area contributed by atoms with Gasteiger partial charge < -0.3 is 19.5 Å². The molecule has 0 saturated carbocycles. The van der Waals surface area contributed by atoms with Crippen LogP contribution in [0.2, 0.25) is 0 Å². The van der Waals surface area contributed by atoms with E-state index in [4.69, 9.17) is 14.2 Å². The number of nitrogens with zero attached hydrogens (tertiary/aromatic N) is 1. The quantitative estimate of drug-likeness (QED) is 0.485. The zero-order chi connectivity index (χ0) is 23.6. The number of urea groups is 1.